The fourth-order valence-electron chi connectivity index (χ4n) is 1.43. The summed E-state index contributed by atoms with van der Waals surface area (Å²) in [6.07, 6.45) is 4.24. The second-order valence-electron chi connectivity index (χ2n) is 4.26. The standard InChI is InChI=1S/C9H16N2O/c1-6(7-2-3-7)11-8(12)9(10)4-5-9/h6-7H,2-5,10H2,1H3,(H,11,12). The lowest BCUT2D eigenvalue weighted by molar-refractivity contribution is -0.124. The van der Waals surface area contributed by atoms with Crippen LogP contribution in [-0.4, -0.2) is 17.5 Å². The number of carbonyl (C=O) groups is 1. The number of amides is 1. The molecule has 1 amide bonds. The highest BCUT2D eigenvalue weighted by Crippen LogP contribution is 2.35. The summed E-state index contributed by atoms with van der Waals surface area (Å²) in [5.41, 5.74) is 5.25. The molecule has 68 valence electrons. The average Bonchev–Trinajstić information content (AvgIpc) is 2.79. The third-order valence-corrected chi connectivity index (χ3v) is 2.93. The molecule has 0 radical (unpaired) electrons. The monoisotopic (exact) mass is 168 g/mol. The first-order chi connectivity index (χ1) is 5.62. The van der Waals surface area contributed by atoms with Gasteiger partial charge < -0.3 is 11.1 Å². The van der Waals surface area contributed by atoms with Crippen LogP contribution in [0.25, 0.3) is 0 Å². The first-order valence-corrected chi connectivity index (χ1v) is 4.72. The maximum atomic E-state index is 11.4. The fraction of sp³-hybridized carbons (Fsp3) is 0.889. The van der Waals surface area contributed by atoms with Crippen LogP contribution < -0.4 is 11.1 Å². The summed E-state index contributed by atoms with van der Waals surface area (Å²) < 4.78 is 0. The molecule has 3 nitrogen and oxygen atoms in total. The first kappa shape index (κ1) is 8.05. The number of hydrogen-bond donors (Lipinski definition) is 2. The molecule has 0 aliphatic heterocycles. The molecule has 0 heterocycles. The van der Waals surface area contributed by atoms with E-state index in [2.05, 4.69) is 12.2 Å². The Kier molecular flexibility index (Phi) is 1.65. The summed E-state index contributed by atoms with van der Waals surface area (Å²) in [5, 5.41) is 2.98. The van der Waals surface area contributed by atoms with Gasteiger partial charge in [-0.2, -0.15) is 0 Å². The van der Waals surface area contributed by atoms with Gasteiger partial charge in [0.05, 0.1) is 5.54 Å². The zero-order valence-electron chi connectivity index (χ0n) is 7.47. The van der Waals surface area contributed by atoms with Crippen LogP contribution in [0.2, 0.25) is 0 Å². The number of carbonyl (C=O) groups excluding carboxylic acids is 1. The average molecular weight is 168 g/mol. The van der Waals surface area contributed by atoms with E-state index in [1.165, 1.54) is 12.8 Å². The van der Waals surface area contributed by atoms with E-state index in [1.807, 2.05) is 0 Å². The van der Waals surface area contributed by atoms with Crippen molar-refractivity contribution >= 4 is 5.91 Å². The van der Waals surface area contributed by atoms with Crippen molar-refractivity contribution in [2.24, 2.45) is 11.7 Å². The molecule has 1 unspecified atom stereocenters. The van der Waals surface area contributed by atoms with Gasteiger partial charge in [0.25, 0.3) is 0 Å². The van der Waals surface area contributed by atoms with Crippen molar-refractivity contribution in [2.45, 2.75) is 44.2 Å². The van der Waals surface area contributed by atoms with Gasteiger partial charge in [0.15, 0.2) is 0 Å². The van der Waals surface area contributed by atoms with Crippen molar-refractivity contribution in [1.29, 1.82) is 0 Å². The molecule has 2 aliphatic rings. The van der Waals surface area contributed by atoms with E-state index in [0.717, 1.165) is 18.8 Å². The van der Waals surface area contributed by atoms with Crippen LogP contribution in [0.1, 0.15) is 32.6 Å². The lowest BCUT2D eigenvalue weighted by atomic mass is 10.2. The van der Waals surface area contributed by atoms with Crippen molar-refractivity contribution in [3.8, 4) is 0 Å². The first-order valence-electron chi connectivity index (χ1n) is 4.72. The van der Waals surface area contributed by atoms with Gasteiger partial charge >= 0.3 is 0 Å². The van der Waals surface area contributed by atoms with Crippen LogP contribution in [-0.2, 0) is 4.79 Å². The molecule has 3 heteroatoms. The van der Waals surface area contributed by atoms with E-state index in [0.29, 0.717) is 6.04 Å². The van der Waals surface area contributed by atoms with Crippen molar-refractivity contribution in [2.75, 3.05) is 0 Å². The van der Waals surface area contributed by atoms with Gasteiger partial charge in [0.2, 0.25) is 5.91 Å². The van der Waals surface area contributed by atoms with Crippen molar-refractivity contribution < 1.29 is 4.79 Å². The topological polar surface area (TPSA) is 55.1 Å². The van der Waals surface area contributed by atoms with E-state index >= 15 is 0 Å². The van der Waals surface area contributed by atoms with Crippen molar-refractivity contribution in [3.05, 3.63) is 0 Å². The zero-order chi connectivity index (χ0) is 8.77. The van der Waals surface area contributed by atoms with Crippen molar-refractivity contribution in [1.82, 2.24) is 5.32 Å². The Balaban J connectivity index is 1.81. The fourth-order valence-corrected chi connectivity index (χ4v) is 1.43. The highest BCUT2D eigenvalue weighted by atomic mass is 16.2. The molecule has 12 heavy (non-hydrogen) atoms. The molecular weight excluding hydrogens is 152 g/mol. The van der Waals surface area contributed by atoms with Crippen LogP contribution in [0.4, 0.5) is 0 Å². The molecule has 0 spiro atoms. The molecule has 0 aromatic rings. The number of nitrogens with two attached hydrogens (primary N) is 1. The summed E-state index contributed by atoms with van der Waals surface area (Å²) >= 11 is 0. The molecule has 2 fully saturated rings. The highest BCUT2D eigenvalue weighted by Gasteiger charge is 2.46. The second-order valence-corrected chi connectivity index (χ2v) is 4.26. The Hall–Kier alpha value is -0.570. The predicted octanol–water partition coefficient (Wildman–Crippen LogP) is 0.392. The number of rotatable bonds is 3. The van der Waals surface area contributed by atoms with Crippen molar-refractivity contribution in [3.63, 3.8) is 0 Å². The molecule has 0 aromatic carbocycles. The largest absolute Gasteiger partial charge is 0.352 e. The highest BCUT2D eigenvalue weighted by molar-refractivity contribution is 5.89. The maximum Gasteiger partial charge on any atom is 0.240 e. The minimum Gasteiger partial charge on any atom is -0.352 e. The summed E-state index contributed by atoms with van der Waals surface area (Å²) in [7, 11) is 0. The molecule has 0 aromatic heterocycles. The summed E-state index contributed by atoms with van der Waals surface area (Å²) in [6.45, 7) is 2.07. The molecule has 1 atom stereocenters. The van der Waals surface area contributed by atoms with Gasteiger partial charge in [-0.05, 0) is 38.5 Å². The van der Waals surface area contributed by atoms with E-state index in [9.17, 15) is 4.79 Å². The molecule has 2 aliphatic carbocycles. The van der Waals surface area contributed by atoms with Gasteiger partial charge in [-0.3, -0.25) is 4.79 Å². The molecule has 0 saturated heterocycles. The quantitative estimate of drug-likeness (QED) is 0.640. The smallest absolute Gasteiger partial charge is 0.240 e. The van der Waals surface area contributed by atoms with Crippen LogP contribution in [0, 0.1) is 5.92 Å². The second kappa shape index (κ2) is 2.46. The number of nitrogens with one attached hydrogen (secondary N) is 1. The molecule has 0 bridgehead atoms. The molecular formula is C9H16N2O. The molecule has 2 rings (SSSR count). The maximum absolute atomic E-state index is 11.4. The van der Waals surface area contributed by atoms with E-state index in [4.69, 9.17) is 5.73 Å². The van der Waals surface area contributed by atoms with Gasteiger partial charge in [-0.25, -0.2) is 0 Å². The van der Waals surface area contributed by atoms with Gasteiger partial charge in [0, 0.05) is 6.04 Å². The zero-order valence-corrected chi connectivity index (χ0v) is 7.47. The van der Waals surface area contributed by atoms with E-state index < -0.39 is 5.54 Å². The molecule has 3 N–H and O–H groups in total. The minimum atomic E-state index is -0.497. The lowest BCUT2D eigenvalue weighted by Gasteiger charge is -2.15. The van der Waals surface area contributed by atoms with Crippen LogP contribution in [0.15, 0.2) is 0 Å². The summed E-state index contributed by atoms with van der Waals surface area (Å²) in [5.74, 6) is 0.776. The normalized spacial score (nSPS) is 27.8. The third-order valence-electron chi connectivity index (χ3n) is 2.93. The molecule has 2 saturated carbocycles. The minimum absolute atomic E-state index is 0.0573. The predicted molar refractivity (Wildman–Crippen MR) is 46.5 cm³/mol. The Bertz CT molecular complexity index is 207. The van der Waals surface area contributed by atoms with Crippen LogP contribution in [0.3, 0.4) is 0 Å². The van der Waals surface area contributed by atoms with Crippen LogP contribution in [0.5, 0.6) is 0 Å². The Morgan fingerprint density at radius 1 is 1.58 bits per heavy atom. The van der Waals surface area contributed by atoms with Gasteiger partial charge in [-0.1, -0.05) is 0 Å². The SMILES string of the molecule is CC(NC(=O)C1(N)CC1)C1CC1. The van der Waals surface area contributed by atoms with E-state index in [1.54, 1.807) is 0 Å². The third kappa shape index (κ3) is 1.46. The van der Waals surface area contributed by atoms with E-state index in [-0.39, 0.29) is 5.91 Å². The van der Waals surface area contributed by atoms with Crippen LogP contribution >= 0.6 is 0 Å². The Morgan fingerprint density at radius 3 is 2.58 bits per heavy atom. The lowest BCUT2D eigenvalue weighted by Crippen LogP contribution is -2.46. The summed E-state index contributed by atoms with van der Waals surface area (Å²) in [4.78, 5) is 11.4. The van der Waals surface area contributed by atoms with Gasteiger partial charge in [0.1, 0.15) is 0 Å². The number of hydrogen-bond acceptors (Lipinski definition) is 2. The Labute approximate surface area is 72.7 Å². The Morgan fingerprint density at radius 2 is 2.17 bits per heavy atom. The van der Waals surface area contributed by atoms with Gasteiger partial charge in [-0.15, -0.1) is 0 Å². The summed E-state index contributed by atoms with van der Waals surface area (Å²) in [6, 6.07) is 0.332.